The van der Waals surface area contributed by atoms with Gasteiger partial charge in [0.15, 0.2) is 0 Å². The number of hydrogen-bond acceptors (Lipinski definition) is 5. The van der Waals surface area contributed by atoms with Gasteiger partial charge in [-0.3, -0.25) is 0 Å². The molecular formula is C14H22N2O2S. The van der Waals surface area contributed by atoms with Gasteiger partial charge < -0.3 is 14.8 Å². The number of thiazole rings is 1. The summed E-state index contributed by atoms with van der Waals surface area (Å²) in [5.41, 5.74) is 0.901. The zero-order valence-electron chi connectivity index (χ0n) is 11.7. The van der Waals surface area contributed by atoms with Crippen molar-refractivity contribution in [1.82, 2.24) is 10.3 Å². The molecule has 19 heavy (non-hydrogen) atoms. The first-order valence-corrected chi connectivity index (χ1v) is 7.88. The molecule has 0 aromatic carbocycles. The zero-order valence-corrected chi connectivity index (χ0v) is 12.5. The van der Waals surface area contributed by atoms with E-state index in [1.54, 1.807) is 18.4 Å². The minimum atomic E-state index is -0.176. The van der Waals surface area contributed by atoms with E-state index in [1.807, 2.05) is 0 Å². The van der Waals surface area contributed by atoms with Crippen LogP contribution in [0.25, 0.3) is 0 Å². The van der Waals surface area contributed by atoms with Crippen LogP contribution in [0.3, 0.4) is 0 Å². The van der Waals surface area contributed by atoms with Crippen LogP contribution in [0.5, 0.6) is 0 Å². The van der Waals surface area contributed by atoms with E-state index >= 15 is 0 Å². The molecule has 1 aromatic rings. The van der Waals surface area contributed by atoms with Crippen LogP contribution >= 0.6 is 11.3 Å². The van der Waals surface area contributed by atoms with Crippen LogP contribution in [-0.4, -0.2) is 24.7 Å². The van der Waals surface area contributed by atoms with Crippen LogP contribution in [0, 0.1) is 0 Å². The first kappa shape index (κ1) is 13.5. The summed E-state index contributed by atoms with van der Waals surface area (Å²) in [6, 6.07) is 0.722. The van der Waals surface area contributed by atoms with Crippen molar-refractivity contribution in [3.63, 3.8) is 0 Å². The van der Waals surface area contributed by atoms with Crippen LogP contribution in [-0.2, 0) is 28.2 Å². The Morgan fingerprint density at radius 3 is 3.00 bits per heavy atom. The normalized spacial score (nSPS) is 27.1. The molecule has 1 saturated carbocycles. The van der Waals surface area contributed by atoms with Crippen molar-refractivity contribution in [2.45, 2.75) is 57.4 Å². The summed E-state index contributed by atoms with van der Waals surface area (Å²) < 4.78 is 11.2. The van der Waals surface area contributed by atoms with Crippen LogP contribution < -0.4 is 5.32 Å². The molecule has 1 atom stereocenters. The van der Waals surface area contributed by atoms with Crippen molar-refractivity contribution in [2.75, 3.05) is 13.7 Å². The lowest BCUT2D eigenvalue weighted by molar-refractivity contribution is 0.0163. The zero-order chi connectivity index (χ0) is 13.3. The van der Waals surface area contributed by atoms with E-state index in [9.17, 15) is 0 Å². The van der Waals surface area contributed by atoms with Crippen molar-refractivity contribution >= 4 is 11.3 Å². The Morgan fingerprint density at radius 1 is 1.53 bits per heavy atom. The highest BCUT2D eigenvalue weighted by molar-refractivity contribution is 7.11. The molecule has 0 radical (unpaired) electrons. The van der Waals surface area contributed by atoms with Crippen LogP contribution in [0.1, 0.15) is 48.2 Å². The Balaban J connectivity index is 1.78. The summed E-state index contributed by atoms with van der Waals surface area (Å²) in [4.78, 5) is 6.09. The maximum absolute atomic E-state index is 5.90. The predicted octanol–water partition coefficient (Wildman–Crippen LogP) is 2.57. The van der Waals surface area contributed by atoms with Crippen molar-refractivity contribution < 1.29 is 9.47 Å². The fraction of sp³-hybridized carbons (Fsp3) is 0.786. The molecular weight excluding hydrogens is 260 g/mol. The fourth-order valence-corrected chi connectivity index (χ4v) is 3.61. The van der Waals surface area contributed by atoms with Crippen molar-refractivity contribution in [3.8, 4) is 0 Å². The lowest BCUT2D eigenvalue weighted by atomic mass is 10.0. The van der Waals surface area contributed by atoms with Crippen molar-refractivity contribution in [2.24, 2.45) is 0 Å². The van der Waals surface area contributed by atoms with Gasteiger partial charge in [-0.25, -0.2) is 4.98 Å². The fourth-order valence-electron chi connectivity index (χ4n) is 2.47. The van der Waals surface area contributed by atoms with E-state index in [1.165, 1.54) is 17.7 Å². The number of methoxy groups -OCH3 is 1. The minimum absolute atomic E-state index is 0.176. The molecule has 2 aliphatic rings. The summed E-state index contributed by atoms with van der Waals surface area (Å²) in [5, 5.41) is 4.68. The second kappa shape index (κ2) is 5.48. The monoisotopic (exact) mass is 282 g/mol. The first-order chi connectivity index (χ1) is 9.21. The Kier molecular flexibility index (Phi) is 3.89. The van der Waals surface area contributed by atoms with E-state index in [0.717, 1.165) is 42.7 Å². The Hall–Kier alpha value is -0.490. The highest BCUT2D eigenvalue weighted by Gasteiger charge is 2.35. The van der Waals surface area contributed by atoms with E-state index in [2.05, 4.69) is 12.2 Å². The molecule has 1 N–H and O–H groups in total. The van der Waals surface area contributed by atoms with Gasteiger partial charge in [-0.1, -0.05) is 0 Å². The molecule has 2 fully saturated rings. The van der Waals surface area contributed by atoms with Gasteiger partial charge in [-0.2, -0.15) is 0 Å². The maximum atomic E-state index is 5.90. The molecule has 1 aliphatic heterocycles. The molecule has 5 heteroatoms. The highest BCUT2D eigenvalue weighted by atomic mass is 32.1. The second-order valence-electron chi connectivity index (χ2n) is 5.66. The van der Waals surface area contributed by atoms with Gasteiger partial charge in [0.2, 0.25) is 0 Å². The molecule has 1 saturated heterocycles. The van der Waals surface area contributed by atoms with E-state index in [0.29, 0.717) is 6.61 Å². The smallest absolute Gasteiger partial charge is 0.125 e. The van der Waals surface area contributed by atoms with E-state index in [4.69, 9.17) is 14.5 Å². The summed E-state index contributed by atoms with van der Waals surface area (Å²) in [7, 11) is 1.73. The number of nitrogens with zero attached hydrogens (tertiary/aromatic N) is 1. The molecule has 3 rings (SSSR count). The van der Waals surface area contributed by atoms with Gasteiger partial charge in [0.05, 0.1) is 12.3 Å². The molecule has 1 aromatic heterocycles. The lowest BCUT2D eigenvalue weighted by Gasteiger charge is -2.19. The van der Waals surface area contributed by atoms with Gasteiger partial charge in [0.25, 0.3) is 0 Å². The Labute approximate surface area is 118 Å². The molecule has 1 aliphatic carbocycles. The maximum Gasteiger partial charge on any atom is 0.125 e. The van der Waals surface area contributed by atoms with Gasteiger partial charge in [0.1, 0.15) is 10.6 Å². The molecule has 106 valence electrons. The molecule has 4 nitrogen and oxygen atoms in total. The summed E-state index contributed by atoms with van der Waals surface area (Å²) in [6.07, 6.45) is 4.83. The molecule has 0 spiro atoms. The average molecular weight is 282 g/mol. The third kappa shape index (κ3) is 2.99. The molecule has 1 unspecified atom stereocenters. The quantitative estimate of drug-likeness (QED) is 0.871. The second-order valence-corrected chi connectivity index (χ2v) is 6.74. The highest BCUT2D eigenvalue weighted by Crippen LogP contribution is 2.39. The summed E-state index contributed by atoms with van der Waals surface area (Å²) >= 11 is 1.79. The average Bonchev–Trinajstić information content (AvgIpc) is 2.97. The standard InChI is InChI=1S/C14H22N2O2S/c1-14(6-3-7-18-14)13-16-11(9-17-2)12(19-13)8-15-10-4-5-10/h10,15H,3-9H2,1-2H3. The SMILES string of the molecule is COCc1nc(C2(C)CCCO2)sc1CNC1CC1. The number of ether oxygens (including phenoxy) is 2. The van der Waals surface area contributed by atoms with E-state index < -0.39 is 0 Å². The van der Waals surface area contributed by atoms with E-state index in [-0.39, 0.29) is 5.60 Å². The number of rotatable bonds is 6. The minimum Gasteiger partial charge on any atom is -0.378 e. The number of hydrogen-bond donors (Lipinski definition) is 1. The number of nitrogens with one attached hydrogen (secondary N) is 1. The third-order valence-electron chi connectivity index (χ3n) is 3.86. The summed E-state index contributed by atoms with van der Waals surface area (Å²) in [6.45, 7) is 4.52. The topological polar surface area (TPSA) is 43.4 Å². The van der Waals surface area contributed by atoms with Crippen molar-refractivity contribution in [1.29, 1.82) is 0 Å². The molecule has 0 amide bonds. The third-order valence-corrected chi connectivity index (χ3v) is 5.20. The molecule has 0 bridgehead atoms. The van der Waals surface area contributed by atoms with Crippen LogP contribution in [0.2, 0.25) is 0 Å². The predicted molar refractivity (Wildman–Crippen MR) is 75.2 cm³/mol. The molecule has 2 heterocycles. The van der Waals surface area contributed by atoms with Gasteiger partial charge >= 0.3 is 0 Å². The Morgan fingerprint density at radius 2 is 2.37 bits per heavy atom. The Bertz CT molecular complexity index is 437. The van der Waals surface area contributed by atoms with Gasteiger partial charge in [0, 0.05) is 31.2 Å². The van der Waals surface area contributed by atoms with Gasteiger partial charge in [-0.15, -0.1) is 11.3 Å². The van der Waals surface area contributed by atoms with Crippen LogP contribution in [0.4, 0.5) is 0 Å². The van der Waals surface area contributed by atoms with Gasteiger partial charge in [-0.05, 0) is 32.6 Å². The van der Waals surface area contributed by atoms with Crippen LogP contribution in [0.15, 0.2) is 0 Å². The lowest BCUT2D eigenvalue weighted by Crippen LogP contribution is -2.19. The number of aromatic nitrogens is 1. The van der Waals surface area contributed by atoms with Crippen molar-refractivity contribution in [3.05, 3.63) is 15.6 Å². The largest absolute Gasteiger partial charge is 0.378 e. The summed E-state index contributed by atoms with van der Waals surface area (Å²) in [5.74, 6) is 0. The first-order valence-electron chi connectivity index (χ1n) is 7.06.